The maximum absolute atomic E-state index is 12.0. The largest absolute Gasteiger partial charge is 0.493 e. The van der Waals surface area contributed by atoms with Gasteiger partial charge in [0.15, 0.2) is 5.78 Å². The average Bonchev–Trinajstić information content (AvgIpc) is 2.84. The lowest BCUT2D eigenvalue weighted by Crippen LogP contribution is -1.94. The van der Waals surface area contributed by atoms with E-state index >= 15 is 0 Å². The Bertz CT molecular complexity index is 596. The van der Waals surface area contributed by atoms with Gasteiger partial charge in [0.05, 0.1) is 11.5 Å². The number of hydrogen-bond acceptors (Lipinski definition) is 3. The van der Waals surface area contributed by atoms with Gasteiger partial charge in [-0.15, -0.1) is 11.3 Å². The maximum atomic E-state index is 12.0. The Morgan fingerprint density at radius 1 is 1.26 bits per heavy atom. The lowest BCUT2D eigenvalue weighted by Gasteiger charge is -2.05. The molecule has 0 spiro atoms. The summed E-state index contributed by atoms with van der Waals surface area (Å²) in [6, 6.07) is 11.5. The second kappa shape index (κ2) is 6.34. The predicted molar refractivity (Wildman–Crippen MR) is 80.0 cm³/mol. The van der Waals surface area contributed by atoms with Gasteiger partial charge in [-0.05, 0) is 44.2 Å². The van der Waals surface area contributed by atoms with E-state index < -0.39 is 0 Å². The van der Waals surface area contributed by atoms with Crippen LogP contribution >= 0.6 is 11.3 Å². The van der Waals surface area contributed by atoms with Crippen LogP contribution in [0, 0.1) is 6.92 Å². The van der Waals surface area contributed by atoms with Gasteiger partial charge in [-0.2, -0.15) is 0 Å². The van der Waals surface area contributed by atoms with Gasteiger partial charge in [-0.25, -0.2) is 0 Å². The van der Waals surface area contributed by atoms with Crippen molar-refractivity contribution in [1.82, 2.24) is 0 Å². The summed E-state index contributed by atoms with van der Waals surface area (Å²) in [5.74, 6) is 0.834. The molecule has 0 aliphatic carbocycles. The van der Waals surface area contributed by atoms with E-state index in [0.29, 0.717) is 6.61 Å². The Morgan fingerprint density at radius 2 is 2.05 bits per heavy atom. The minimum Gasteiger partial charge on any atom is -0.493 e. The van der Waals surface area contributed by atoms with E-state index in [2.05, 4.69) is 0 Å². The lowest BCUT2D eigenvalue weighted by atomic mass is 10.1. The van der Waals surface area contributed by atoms with E-state index in [1.807, 2.05) is 56.3 Å². The summed E-state index contributed by atoms with van der Waals surface area (Å²) in [5, 5.41) is 0. The van der Waals surface area contributed by atoms with Crippen molar-refractivity contribution < 1.29 is 9.53 Å². The highest BCUT2D eigenvalue weighted by atomic mass is 32.1. The monoisotopic (exact) mass is 272 g/mol. The van der Waals surface area contributed by atoms with Crippen LogP contribution in [0.15, 0.2) is 42.5 Å². The molecule has 3 heteroatoms. The van der Waals surface area contributed by atoms with Crippen LogP contribution in [0.5, 0.6) is 5.75 Å². The third-order valence-corrected chi connectivity index (χ3v) is 3.63. The molecule has 1 aromatic carbocycles. The molecule has 0 atom stereocenters. The summed E-state index contributed by atoms with van der Waals surface area (Å²) in [5.41, 5.74) is 0.922. The highest BCUT2D eigenvalue weighted by molar-refractivity contribution is 7.14. The summed E-state index contributed by atoms with van der Waals surface area (Å²) in [7, 11) is 0. The van der Waals surface area contributed by atoms with E-state index in [1.165, 1.54) is 11.3 Å². The van der Waals surface area contributed by atoms with Crippen molar-refractivity contribution in [2.45, 2.75) is 13.8 Å². The van der Waals surface area contributed by atoms with Crippen molar-refractivity contribution in [2.24, 2.45) is 0 Å². The average molecular weight is 272 g/mol. The Hall–Kier alpha value is -1.87. The molecule has 0 amide bonds. The fraction of sp³-hybridized carbons (Fsp3) is 0.188. The molecule has 19 heavy (non-hydrogen) atoms. The van der Waals surface area contributed by atoms with Crippen molar-refractivity contribution in [1.29, 1.82) is 0 Å². The molecule has 2 nitrogen and oxygen atoms in total. The number of aryl methyl sites for hydroxylation is 1. The van der Waals surface area contributed by atoms with Crippen molar-refractivity contribution >= 4 is 23.2 Å². The number of carbonyl (C=O) groups is 1. The molecular formula is C16H16O2S. The van der Waals surface area contributed by atoms with E-state index in [-0.39, 0.29) is 5.78 Å². The first-order valence-electron chi connectivity index (χ1n) is 6.21. The van der Waals surface area contributed by atoms with Crippen LogP contribution < -0.4 is 4.74 Å². The van der Waals surface area contributed by atoms with Crippen LogP contribution in [-0.2, 0) is 0 Å². The van der Waals surface area contributed by atoms with Gasteiger partial charge >= 0.3 is 0 Å². The summed E-state index contributed by atoms with van der Waals surface area (Å²) < 4.78 is 5.52. The molecular weight excluding hydrogens is 256 g/mol. The predicted octanol–water partition coefficient (Wildman–Crippen LogP) is 4.35. The molecule has 2 rings (SSSR count). The van der Waals surface area contributed by atoms with Gasteiger partial charge in [0.1, 0.15) is 5.75 Å². The summed E-state index contributed by atoms with van der Waals surface area (Å²) in [6.07, 6.45) is 3.41. The molecule has 0 unspecified atom stereocenters. The number of thiophene rings is 1. The number of carbonyl (C=O) groups excluding carboxylic acids is 1. The zero-order valence-corrected chi connectivity index (χ0v) is 11.9. The zero-order chi connectivity index (χ0) is 13.7. The maximum Gasteiger partial charge on any atom is 0.195 e. The molecule has 0 radical (unpaired) electrons. The molecule has 0 fully saturated rings. The second-order valence-electron chi connectivity index (χ2n) is 4.08. The number of hydrogen-bond donors (Lipinski definition) is 0. The molecule has 2 aromatic rings. The first kappa shape index (κ1) is 13.6. The van der Waals surface area contributed by atoms with Crippen LogP contribution in [0.2, 0.25) is 0 Å². The Morgan fingerprint density at radius 3 is 2.74 bits per heavy atom. The van der Waals surface area contributed by atoms with Gasteiger partial charge in [-0.1, -0.05) is 18.2 Å². The minimum atomic E-state index is 0.0319. The van der Waals surface area contributed by atoms with Crippen molar-refractivity contribution in [3.8, 4) is 5.75 Å². The van der Waals surface area contributed by atoms with Crippen molar-refractivity contribution in [2.75, 3.05) is 6.61 Å². The van der Waals surface area contributed by atoms with Crippen LogP contribution in [0.25, 0.3) is 6.08 Å². The van der Waals surface area contributed by atoms with Crippen LogP contribution in [-0.4, -0.2) is 12.4 Å². The molecule has 1 aromatic heterocycles. The zero-order valence-electron chi connectivity index (χ0n) is 11.1. The number of para-hydroxylation sites is 1. The summed E-state index contributed by atoms with van der Waals surface area (Å²) >= 11 is 1.51. The standard InChI is InChI=1S/C16H16O2S/c1-3-18-15-7-5-4-6-13(15)9-10-14(17)16-11-8-12(2)19-16/h4-11H,3H2,1-2H3/b10-9+. The highest BCUT2D eigenvalue weighted by Gasteiger charge is 2.05. The molecule has 1 heterocycles. The molecule has 98 valence electrons. The smallest absolute Gasteiger partial charge is 0.195 e. The number of ketones is 1. The number of allylic oxidation sites excluding steroid dienone is 1. The van der Waals surface area contributed by atoms with E-state index in [4.69, 9.17) is 4.74 Å². The molecule has 0 saturated carbocycles. The van der Waals surface area contributed by atoms with Gasteiger partial charge in [0.2, 0.25) is 0 Å². The Balaban J connectivity index is 2.16. The normalized spacial score (nSPS) is 10.8. The van der Waals surface area contributed by atoms with Gasteiger partial charge in [0, 0.05) is 10.4 Å². The Labute approximate surface area is 117 Å². The quantitative estimate of drug-likeness (QED) is 0.597. The van der Waals surface area contributed by atoms with Gasteiger partial charge in [-0.3, -0.25) is 4.79 Å². The topological polar surface area (TPSA) is 26.3 Å². The van der Waals surface area contributed by atoms with E-state index in [9.17, 15) is 4.79 Å². The number of benzene rings is 1. The molecule has 0 N–H and O–H groups in total. The SMILES string of the molecule is CCOc1ccccc1/C=C/C(=O)c1ccc(C)s1. The third-order valence-electron chi connectivity index (χ3n) is 2.62. The second-order valence-corrected chi connectivity index (χ2v) is 5.37. The minimum absolute atomic E-state index is 0.0319. The fourth-order valence-corrected chi connectivity index (χ4v) is 2.51. The van der Waals surface area contributed by atoms with E-state index in [1.54, 1.807) is 6.08 Å². The lowest BCUT2D eigenvalue weighted by molar-refractivity contribution is 0.105. The van der Waals surface area contributed by atoms with Gasteiger partial charge in [0.25, 0.3) is 0 Å². The first-order chi connectivity index (χ1) is 9.20. The van der Waals surface area contributed by atoms with Crippen LogP contribution in [0.3, 0.4) is 0 Å². The number of ether oxygens (including phenoxy) is 1. The molecule has 0 aliphatic heterocycles. The third kappa shape index (κ3) is 3.55. The summed E-state index contributed by atoms with van der Waals surface area (Å²) in [4.78, 5) is 13.9. The van der Waals surface area contributed by atoms with Crippen molar-refractivity contribution in [3.63, 3.8) is 0 Å². The van der Waals surface area contributed by atoms with Gasteiger partial charge < -0.3 is 4.74 Å². The first-order valence-corrected chi connectivity index (χ1v) is 7.03. The van der Waals surface area contributed by atoms with Crippen LogP contribution in [0.1, 0.15) is 27.0 Å². The summed E-state index contributed by atoms with van der Waals surface area (Å²) in [6.45, 7) is 4.55. The molecule has 0 bridgehead atoms. The molecule has 0 saturated heterocycles. The van der Waals surface area contributed by atoms with E-state index in [0.717, 1.165) is 21.1 Å². The number of rotatable bonds is 5. The fourth-order valence-electron chi connectivity index (χ4n) is 1.72. The highest BCUT2D eigenvalue weighted by Crippen LogP contribution is 2.21. The van der Waals surface area contributed by atoms with Crippen molar-refractivity contribution in [3.05, 3.63) is 57.8 Å². The molecule has 0 aliphatic rings. The van der Waals surface area contributed by atoms with Crippen LogP contribution in [0.4, 0.5) is 0 Å². The Kier molecular flexibility index (Phi) is 4.53.